The maximum absolute atomic E-state index is 11.6. The normalized spacial score (nSPS) is 20.4. The Morgan fingerprint density at radius 2 is 1.83 bits per heavy atom. The zero-order valence-electron chi connectivity index (χ0n) is 12.2. The largest absolute Gasteiger partial charge is 0.481 e. The molecule has 0 radical (unpaired) electrons. The van der Waals surface area contributed by atoms with Gasteiger partial charge >= 0.3 is 11.9 Å². The summed E-state index contributed by atoms with van der Waals surface area (Å²) in [5.74, 6) is -2.01. The SMILES string of the molecule is O=C(O)c1ccc(N2C[C@@H](C(=O)O)[C@H](c3ccncc3)C2)nc1. The van der Waals surface area contributed by atoms with E-state index in [1.807, 2.05) is 17.0 Å². The molecule has 3 rings (SSSR count). The van der Waals surface area contributed by atoms with E-state index in [1.54, 1.807) is 18.5 Å². The van der Waals surface area contributed by atoms with E-state index in [2.05, 4.69) is 9.97 Å². The Hall–Kier alpha value is -2.96. The molecular formula is C16H15N3O4. The quantitative estimate of drug-likeness (QED) is 0.881. The molecule has 2 aromatic rings. The molecule has 0 aromatic carbocycles. The average molecular weight is 313 g/mol. The highest BCUT2D eigenvalue weighted by Gasteiger charge is 2.39. The minimum Gasteiger partial charge on any atom is -0.481 e. The van der Waals surface area contributed by atoms with Gasteiger partial charge in [0.15, 0.2) is 0 Å². The molecule has 0 saturated carbocycles. The second-order valence-electron chi connectivity index (χ2n) is 5.45. The molecule has 0 unspecified atom stereocenters. The number of aromatic carboxylic acids is 1. The molecule has 1 saturated heterocycles. The number of carboxylic acids is 2. The van der Waals surface area contributed by atoms with Crippen molar-refractivity contribution in [2.45, 2.75) is 5.92 Å². The number of pyridine rings is 2. The van der Waals surface area contributed by atoms with Crippen molar-refractivity contribution in [1.82, 2.24) is 9.97 Å². The van der Waals surface area contributed by atoms with Crippen LogP contribution in [0.2, 0.25) is 0 Å². The van der Waals surface area contributed by atoms with Crippen LogP contribution in [0.3, 0.4) is 0 Å². The monoisotopic (exact) mass is 313 g/mol. The van der Waals surface area contributed by atoms with Crippen molar-refractivity contribution in [3.8, 4) is 0 Å². The third-order valence-electron chi connectivity index (χ3n) is 4.09. The van der Waals surface area contributed by atoms with Crippen molar-refractivity contribution < 1.29 is 19.8 Å². The molecule has 1 aliphatic rings. The van der Waals surface area contributed by atoms with Gasteiger partial charge in [0.2, 0.25) is 0 Å². The number of rotatable bonds is 4. The Morgan fingerprint density at radius 3 is 2.39 bits per heavy atom. The summed E-state index contributed by atoms with van der Waals surface area (Å²) < 4.78 is 0. The molecule has 0 spiro atoms. The first-order chi connectivity index (χ1) is 11.1. The fraction of sp³-hybridized carbons (Fsp3) is 0.250. The number of aromatic nitrogens is 2. The van der Waals surface area contributed by atoms with Crippen LogP contribution in [0.5, 0.6) is 0 Å². The Bertz CT molecular complexity index is 718. The number of anilines is 1. The van der Waals surface area contributed by atoms with Crippen molar-refractivity contribution >= 4 is 17.8 Å². The summed E-state index contributed by atoms with van der Waals surface area (Å²) in [6.45, 7) is 0.849. The van der Waals surface area contributed by atoms with Gasteiger partial charge in [-0.15, -0.1) is 0 Å². The predicted octanol–water partition coefficient (Wildman–Crippen LogP) is 1.48. The zero-order chi connectivity index (χ0) is 16.4. The molecule has 0 amide bonds. The van der Waals surface area contributed by atoms with Crippen LogP contribution in [0, 0.1) is 5.92 Å². The van der Waals surface area contributed by atoms with E-state index in [9.17, 15) is 14.7 Å². The molecule has 0 aliphatic carbocycles. The van der Waals surface area contributed by atoms with Gasteiger partial charge in [-0.05, 0) is 29.8 Å². The molecule has 1 aliphatic heterocycles. The van der Waals surface area contributed by atoms with Crippen LogP contribution >= 0.6 is 0 Å². The molecular weight excluding hydrogens is 298 g/mol. The molecule has 2 atom stereocenters. The van der Waals surface area contributed by atoms with E-state index in [-0.39, 0.29) is 11.5 Å². The topological polar surface area (TPSA) is 104 Å². The molecule has 1 fully saturated rings. The molecule has 3 heterocycles. The summed E-state index contributed by atoms with van der Waals surface area (Å²) in [7, 11) is 0. The molecule has 7 heteroatoms. The van der Waals surface area contributed by atoms with Crippen LogP contribution in [-0.2, 0) is 4.79 Å². The number of aliphatic carboxylic acids is 1. The molecule has 7 nitrogen and oxygen atoms in total. The van der Waals surface area contributed by atoms with Gasteiger partial charge < -0.3 is 15.1 Å². The van der Waals surface area contributed by atoms with Crippen molar-refractivity contribution in [2.75, 3.05) is 18.0 Å². The number of hydrogen-bond donors (Lipinski definition) is 2. The van der Waals surface area contributed by atoms with E-state index in [4.69, 9.17) is 5.11 Å². The van der Waals surface area contributed by atoms with Crippen LogP contribution < -0.4 is 4.90 Å². The fourth-order valence-electron chi connectivity index (χ4n) is 2.89. The van der Waals surface area contributed by atoms with Gasteiger partial charge in [-0.25, -0.2) is 9.78 Å². The second kappa shape index (κ2) is 6.04. The number of carbonyl (C=O) groups is 2. The summed E-state index contributed by atoms with van der Waals surface area (Å²) in [6.07, 6.45) is 4.58. The first-order valence-corrected chi connectivity index (χ1v) is 7.13. The Morgan fingerprint density at radius 1 is 1.09 bits per heavy atom. The predicted molar refractivity (Wildman–Crippen MR) is 81.5 cm³/mol. The van der Waals surface area contributed by atoms with E-state index >= 15 is 0 Å². The van der Waals surface area contributed by atoms with Gasteiger partial charge in [0.1, 0.15) is 5.82 Å². The van der Waals surface area contributed by atoms with Crippen LogP contribution in [0.25, 0.3) is 0 Å². The maximum atomic E-state index is 11.6. The highest BCUT2D eigenvalue weighted by molar-refractivity contribution is 5.87. The van der Waals surface area contributed by atoms with Crippen molar-refractivity contribution in [1.29, 1.82) is 0 Å². The lowest BCUT2D eigenvalue weighted by Crippen LogP contribution is -2.23. The van der Waals surface area contributed by atoms with E-state index in [0.717, 1.165) is 5.56 Å². The molecule has 23 heavy (non-hydrogen) atoms. The summed E-state index contributed by atoms with van der Waals surface area (Å²) in [5.41, 5.74) is 1.03. The third kappa shape index (κ3) is 2.98. The van der Waals surface area contributed by atoms with E-state index < -0.39 is 17.9 Å². The van der Waals surface area contributed by atoms with E-state index in [1.165, 1.54) is 12.3 Å². The summed E-state index contributed by atoms with van der Waals surface area (Å²) in [5, 5.41) is 18.4. The average Bonchev–Trinajstić information content (AvgIpc) is 3.01. The number of hydrogen-bond acceptors (Lipinski definition) is 5. The molecule has 2 N–H and O–H groups in total. The van der Waals surface area contributed by atoms with Crippen molar-refractivity contribution in [3.05, 3.63) is 54.0 Å². The lowest BCUT2D eigenvalue weighted by atomic mass is 9.90. The molecule has 118 valence electrons. The Balaban J connectivity index is 1.85. The summed E-state index contributed by atoms with van der Waals surface area (Å²) >= 11 is 0. The van der Waals surface area contributed by atoms with Crippen LogP contribution in [0.4, 0.5) is 5.82 Å². The Kier molecular flexibility index (Phi) is 3.92. The van der Waals surface area contributed by atoms with Gasteiger partial charge in [-0.3, -0.25) is 9.78 Å². The first-order valence-electron chi connectivity index (χ1n) is 7.13. The van der Waals surface area contributed by atoms with Crippen molar-refractivity contribution in [3.63, 3.8) is 0 Å². The Labute approximate surface area is 132 Å². The van der Waals surface area contributed by atoms with Crippen molar-refractivity contribution in [2.24, 2.45) is 5.92 Å². The van der Waals surface area contributed by atoms with E-state index in [0.29, 0.717) is 18.9 Å². The number of nitrogens with zero attached hydrogens (tertiary/aromatic N) is 3. The standard InChI is InChI=1S/C16H15N3O4/c20-15(21)11-1-2-14(18-7-11)19-8-12(13(9-19)16(22)23)10-3-5-17-6-4-10/h1-7,12-13H,8-9H2,(H,20,21)(H,22,23)/t12-,13+/m0/s1. The van der Waals surface area contributed by atoms with Crippen LogP contribution in [-0.4, -0.2) is 45.2 Å². The smallest absolute Gasteiger partial charge is 0.337 e. The van der Waals surface area contributed by atoms with Gasteiger partial charge in [0.25, 0.3) is 0 Å². The zero-order valence-corrected chi connectivity index (χ0v) is 12.2. The van der Waals surface area contributed by atoms with Gasteiger partial charge in [-0.1, -0.05) is 0 Å². The summed E-state index contributed by atoms with van der Waals surface area (Å²) in [6, 6.07) is 6.73. The highest BCUT2D eigenvalue weighted by atomic mass is 16.4. The lowest BCUT2D eigenvalue weighted by Gasteiger charge is -2.17. The lowest BCUT2D eigenvalue weighted by molar-refractivity contribution is -0.141. The minimum atomic E-state index is -1.04. The fourth-order valence-corrected chi connectivity index (χ4v) is 2.89. The minimum absolute atomic E-state index is 0.105. The third-order valence-corrected chi connectivity index (χ3v) is 4.09. The highest BCUT2D eigenvalue weighted by Crippen LogP contribution is 2.34. The van der Waals surface area contributed by atoms with Gasteiger partial charge in [0.05, 0.1) is 11.5 Å². The second-order valence-corrected chi connectivity index (χ2v) is 5.45. The van der Waals surface area contributed by atoms with Crippen LogP contribution in [0.1, 0.15) is 21.8 Å². The van der Waals surface area contributed by atoms with Gasteiger partial charge in [0, 0.05) is 37.6 Å². The number of carboxylic acid groups (broad SMARTS) is 2. The molecule has 0 bridgehead atoms. The van der Waals surface area contributed by atoms with Crippen LogP contribution in [0.15, 0.2) is 42.9 Å². The first kappa shape index (κ1) is 15.0. The van der Waals surface area contributed by atoms with Gasteiger partial charge in [-0.2, -0.15) is 0 Å². The summed E-state index contributed by atoms with van der Waals surface area (Å²) in [4.78, 5) is 32.4. The maximum Gasteiger partial charge on any atom is 0.337 e. The molecule has 2 aromatic heterocycles.